The number of rotatable bonds is 6. The van der Waals surface area contributed by atoms with Crippen LogP contribution in [-0.4, -0.2) is 15.0 Å². The molecule has 1 heterocycles. The van der Waals surface area contributed by atoms with Gasteiger partial charge in [0.25, 0.3) is 10.0 Å². The molecule has 2 rings (SSSR count). The van der Waals surface area contributed by atoms with Crippen LogP contribution in [0, 0.1) is 3.57 Å². The summed E-state index contributed by atoms with van der Waals surface area (Å²) in [5.41, 5.74) is 0.463. The van der Waals surface area contributed by atoms with Gasteiger partial charge in [-0.3, -0.25) is 4.72 Å². The van der Waals surface area contributed by atoms with Crippen LogP contribution < -0.4 is 10.0 Å². The van der Waals surface area contributed by atoms with Crippen molar-refractivity contribution in [3.05, 3.63) is 44.7 Å². The van der Waals surface area contributed by atoms with Crippen molar-refractivity contribution in [2.24, 2.45) is 0 Å². The number of nitrogens with one attached hydrogen (secondary N) is 2. The highest BCUT2D eigenvalue weighted by molar-refractivity contribution is 14.1. The number of anilines is 1. The van der Waals surface area contributed by atoms with E-state index in [1.807, 2.05) is 29.5 Å². The van der Waals surface area contributed by atoms with E-state index in [2.05, 4.69) is 10.0 Å². The lowest BCUT2D eigenvalue weighted by atomic mass is 10.3. The minimum absolute atomic E-state index is 0.110. The fraction of sp³-hybridized carbons (Fsp3) is 0.231. The predicted molar refractivity (Wildman–Crippen MR) is 91.1 cm³/mol. The third kappa shape index (κ3) is 4.35. The molecular formula is C13H14ClIN2O3S. The van der Waals surface area contributed by atoms with E-state index in [0.717, 1.165) is 6.54 Å². The first-order valence-corrected chi connectivity index (χ1v) is 9.13. The van der Waals surface area contributed by atoms with Crippen molar-refractivity contribution in [2.45, 2.75) is 18.6 Å². The van der Waals surface area contributed by atoms with E-state index in [1.165, 1.54) is 6.07 Å². The molecule has 8 heteroatoms. The molecule has 0 aliphatic carbocycles. The Hall–Kier alpha value is -0.770. The fourth-order valence-electron chi connectivity index (χ4n) is 1.61. The summed E-state index contributed by atoms with van der Waals surface area (Å²) < 4.78 is 33.1. The Kier molecular flexibility index (Phi) is 5.53. The fourth-order valence-corrected chi connectivity index (χ4v) is 3.83. The molecule has 0 amide bonds. The Bertz CT molecular complexity index is 731. The Morgan fingerprint density at radius 1 is 1.29 bits per heavy atom. The zero-order valence-corrected chi connectivity index (χ0v) is 14.9. The van der Waals surface area contributed by atoms with Crippen LogP contribution in [0.3, 0.4) is 0 Å². The molecule has 0 bridgehead atoms. The van der Waals surface area contributed by atoms with E-state index in [0.29, 0.717) is 26.6 Å². The monoisotopic (exact) mass is 440 g/mol. The zero-order valence-electron chi connectivity index (χ0n) is 11.2. The van der Waals surface area contributed by atoms with Crippen LogP contribution in [0.25, 0.3) is 0 Å². The molecule has 0 fully saturated rings. The number of benzene rings is 1. The number of hydrogen-bond acceptors (Lipinski definition) is 4. The summed E-state index contributed by atoms with van der Waals surface area (Å²) in [5, 5.41) is 3.51. The molecule has 0 saturated carbocycles. The van der Waals surface area contributed by atoms with Crippen molar-refractivity contribution in [1.29, 1.82) is 0 Å². The van der Waals surface area contributed by atoms with Crippen LogP contribution >= 0.6 is 34.2 Å². The van der Waals surface area contributed by atoms with Gasteiger partial charge in [-0.2, -0.15) is 8.42 Å². The van der Waals surface area contributed by atoms with Gasteiger partial charge in [-0.05, 0) is 59.5 Å². The number of hydrogen-bond donors (Lipinski definition) is 2. The first kappa shape index (κ1) is 16.6. The van der Waals surface area contributed by atoms with Gasteiger partial charge < -0.3 is 9.73 Å². The van der Waals surface area contributed by atoms with E-state index in [9.17, 15) is 8.42 Å². The maximum atomic E-state index is 12.3. The van der Waals surface area contributed by atoms with Gasteiger partial charge in [0.2, 0.25) is 5.09 Å². The Labute approximate surface area is 142 Å². The molecule has 0 radical (unpaired) electrons. The predicted octanol–water partition coefficient (Wildman–Crippen LogP) is 3.45. The van der Waals surface area contributed by atoms with Crippen molar-refractivity contribution < 1.29 is 12.8 Å². The van der Waals surface area contributed by atoms with Crippen LogP contribution in [-0.2, 0) is 16.6 Å². The molecule has 5 nitrogen and oxygen atoms in total. The van der Waals surface area contributed by atoms with Crippen LogP contribution in [0.2, 0.25) is 5.02 Å². The van der Waals surface area contributed by atoms with E-state index >= 15 is 0 Å². The molecule has 114 valence electrons. The lowest BCUT2D eigenvalue weighted by molar-refractivity contribution is 0.405. The molecular weight excluding hydrogens is 427 g/mol. The molecule has 2 aromatic rings. The lowest BCUT2D eigenvalue weighted by Crippen LogP contribution is -2.13. The summed E-state index contributed by atoms with van der Waals surface area (Å²) in [6.07, 6.45) is 0. The van der Waals surface area contributed by atoms with Crippen LogP contribution in [0.1, 0.15) is 12.7 Å². The first-order valence-electron chi connectivity index (χ1n) is 6.19. The summed E-state index contributed by atoms with van der Waals surface area (Å²) >= 11 is 7.87. The van der Waals surface area contributed by atoms with Gasteiger partial charge in [-0.25, -0.2) is 0 Å². The summed E-state index contributed by atoms with van der Waals surface area (Å²) in [5.74, 6) is 0.572. The topological polar surface area (TPSA) is 71.3 Å². The zero-order chi connectivity index (χ0) is 15.5. The largest absolute Gasteiger partial charge is 0.446 e. The summed E-state index contributed by atoms with van der Waals surface area (Å²) in [6, 6.07) is 8.00. The SMILES string of the molecule is CCNCc1ccc(S(=O)(=O)Nc2ccc(Cl)cc2I)o1. The van der Waals surface area contributed by atoms with Gasteiger partial charge in [0.1, 0.15) is 5.76 Å². The number of sulfonamides is 1. The van der Waals surface area contributed by atoms with Crippen LogP contribution in [0.5, 0.6) is 0 Å². The van der Waals surface area contributed by atoms with Crippen molar-refractivity contribution in [2.75, 3.05) is 11.3 Å². The summed E-state index contributed by atoms with van der Waals surface area (Å²) in [6.45, 7) is 3.24. The van der Waals surface area contributed by atoms with E-state index in [1.54, 1.807) is 24.3 Å². The van der Waals surface area contributed by atoms with Gasteiger partial charge in [0.05, 0.1) is 12.2 Å². The minimum Gasteiger partial charge on any atom is -0.446 e. The molecule has 0 spiro atoms. The first-order chi connectivity index (χ1) is 9.92. The molecule has 1 aromatic heterocycles. The number of halogens is 2. The standard InChI is InChI=1S/C13H14ClIN2O3S/c1-2-16-8-10-4-6-13(20-10)21(18,19)17-12-5-3-9(14)7-11(12)15/h3-7,16-17H,2,8H2,1H3. The van der Waals surface area contributed by atoms with Crippen molar-refractivity contribution in [1.82, 2.24) is 5.32 Å². The second kappa shape index (κ2) is 6.99. The van der Waals surface area contributed by atoms with Gasteiger partial charge in [0.15, 0.2) is 0 Å². The summed E-state index contributed by atoms with van der Waals surface area (Å²) in [7, 11) is -3.75. The van der Waals surface area contributed by atoms with Gasteiger partial charge in [-0.15, -0.1) is 0 Å². The highest BCUT2D eigenvalue weighted by Gasteiger charge is 2.20. The van der Waals surface area contributed by atoms with Gasteiger partial charge >= 0.3 is 0 Å². The minimum atomic E-state index is -3.75. The Morgan fingerprint density at radius 3 is 2.71 bits per heavy atom. The molecule has 1 aromatic carbocycles. The second-order valence-corrected chi connectivity index (χ2v) is 7.44. The Morgan fingerprint density at radius 2 is 2.05 bits per heavy atom. The van der Waals surface area contributed by atoms with Gasteiger partial charge in [0, 0.05) is 8.59 Å². The summed E-state index contributed by atoms with van der Waals surface area (Å²) in [4.78, 5) is 0. The quantitative estimate of drug-likeness (QED) is 0.675. The highest BCUT2D eigenvalue weighted by atomic mass is 127. The second-order valence-electron chi connectivity index (χ2n) is 4.23. The van der Waals surface area contributed by atoms with E-state index in [4.69, 9.17) is 16.0 Å². The smallest absolute Gasteiger partial charge is 0.295 e. The highest BCUT2D eigenvalue weighted by Crippen LogP contribution is 2.25. The van der Waals surface area contributed by atoms with Crippen molar-refractivity contribution >= 4 is 49.9 Å². The van der Waals surface area contributed by atoms with Crippen LogP contribution in [0.15, 0.2) is 39.8 Å². The van der Waals surface area contributed by atoms with Crippen LogP contribution in [0.4, 0.5) is 5.69 Å². The van der Waals surface area contributed by atoms with E-state index < -0.39 is 10.0 Å². The average Bonchev–Trinajstić information content (AvgIpc) is 2.89. The molecule has 0 saturated heterocycles. The average molecular weight is 441 g/mol. The molecule has 2 N–H and O–H groups in total. The normalized spacial score (nSPS) is 11.6. The van der Waals surface area contributed by atoms with E-state index in [-0.39, 0.29) is 5.09 Å². The maximum Gasteiger partial charge on any atom is 0.295 e. The molecule has 0 aliphatic rings. The molecule has 0 aliphatic heterocycles. The Balaban J connectivity index is 2.19. The number of furan rings is 1. The third-order valence-electron chi connectivity index (χ3n) is 2.63. The third-order valence-corrected chi connectivity index (χ3v) is 4.99. The van der Waals surface area contributed by atoms with Gasteiger partial charge in [-0.1, -0.05) is 18.5 Å². The molecule has 0 unspecified atom stereocenters. The molecule has 0 atom stereocenters. The molecule has 21 heavy (non-hydrogen) atoms. The lowest BCUT2D eigenvalue weighted by Gasteiger charge is -2.08. The maximum absolute atomic E-state index is 12.3. The van der Waals surface area contributed by atoms with Crippen molar-refractivity contribution in [3.8, 4) is 0 Å². The van der Waals surface area contributed by atoms with Crippen molar-refractivity contribution in [3.63, 3.8) is 0 Å².